The maximum absolute atomic E-state index is 12.2. The molecule has 1 unspecified atom stereocenters. The molecule has 1 aliphatic carbocycles. The summed E-state index contributed by atoms with van der Waals surface area (Å²) in [6.07, 6.45) is -2.56. The zero-order valence-electron chi connectivity index (χ0n) is 9.22. The van der Waals surface area contributed by atoms with Crippen LogP contribution in [0.1, 0.15) is 19.8 Å². The number of likely N-dealkylation sites (N-methyl/N-ethyl adjacent to an activating group) is 1. The predicted octanol–water partition coefficient (Wildman–Crippen LogP) is 1.50. The van der Waals surface area contributed by atoms with E-state index in [1.165, 1.54) is 4.90 Å². The molecule has 0 aromatic heterocycles. The number of nitrogens with zero attached hydrogens (tertiary/aromatic N) is 2. The molecule has 92 valence electrons. The number of alkyl halides is 3. The second-order valence-electron chi connectivity index (χ2n) is 4.34. The summed E-state index contributed by atoms with van der Waals surface area (Å²) in [5.74, 6) is 0.0554. The average Bonchev–Trinajstić information content (AvgIpc) is 2.97. The lowest BCUT2D eigenvalue weighted by Crippen LogP contribution is -2.52. The van der Waals surface area contributed by atoms with Crippen molar-refractivity contribution in [2.75, 3.05) is 19.6 Å². The Hall–Kier alpha value is -0.800. The van der Waals surface area contributed by atoms with Crippen molar-refractivity contribution < 1.29 is 13.2 Å². The number of hydrogen-bond acceptors (Lipinski definition) is 3. The first-order valence-electron chi connectivity index (χ1n) is 5.30. The van der Waals surface area contributed by atoms with Gasteiger partial charge in [0.1, 0.15) is 5.54 Å². The molecule has 0 radical (unpaired) electrons. The smallest absolute Gasteiger partial charge is 0.312 e. The number of nitrogens with two attached hydrogens (primary N) is 1. The van der Waals surface area contributed by atoms with Crippen LogP contribution >= 0.6 is 0 Å². The van der Waals surface area contributed by atoms with Gasteiger partial charge in [-0.2, -0.15) is 18.4 Å². The molecule has 1 atom stereocenters. The molecule has 1 saturated carbocycles. The molecule has 0 aliphatic heterocycles. The third-order valence-corrected chi connectivity index (χ3v) is 2.85. The molecule has 1 rings (SSSR count). The third kappa shape index (κ3) is 3.65. The summed E-state index contributed by atoms with van der Waals surface area (Å²) in [5, 5.41) is 8.96. The fraction of sp³-hybridized carbons (Fsp3) is 0.900. The first-order chi connectivity index (χ1) is 7.30. The van der Waals surface area contributed by atoms with Crippen LogP contribution in [0.4, 0.5) is 13.2 Å². The summed E-state index contributed by atoms with van der Waals surface area (Å²) < 4.78 is 36.7. The van der Waals surface area contributed by atoms with Gasteiger partial charge in [0, 0.05) is 6.54 Å². The second kappa shape index (κ2) is 4.60. The molecule has 1 aliphatic rings. The van der Waals surface area contributed by atoms with Crippen LogP contribution in [-0.4, -0.2) is 36.2 Å². The molecule has 0 heterocycles. The van der Waals surface area contributed by atoms with Crippen LogP contribution in [0.3, 0.4) is 0 Å². The molecule has 3 nitrogen and oxygen atoms in total. The van der Waals surface area contributed by atoms with Gasteiger partial charge in [-0.1, -0.05) is 6.92 Å². The van der Waals surface area contributed by atoms with Crippen LogP contribution in [-0.2, 0) is 0 Å². The molecule has 0 aromatic rings. The Kier molecular flexibility index (Phi) is 3.81. The van der Waals surface area contributed by atoms with E-state index in [2.05, 4.69) is 0 Å². The molecule has 0 spiro atoms. The summed E-state index contributed by atoms with van der Waals surface area (Å²) in [5.41, 5.74) is 4.70. The standard InChI is InChI=1S/C10H16F3N3/c1-2-16(7-10(11,12)13)6-9(15,5-14)8-3-4-8/h8H,2-4,6-7,15H2,1H3. The van der Waals surface area contributed by atoms with Crippen LogP contribution in [0, 0.1) is 17.2 Å². The molecule has 0 aromatic carbocycles. The van der Waals surface area contributed by atoms with E-state index in [-0.39, 0.29) is 19.0 Å². The summed E-state index contributed by atoms with van der Waals surface area (Å²) in [6.45, 7) is 0.865. The Morgan fingerprint density at radius 1 is 1.38 bits per heavy atom. The van der Waals surface area contributed by atoms with Crippen LogP contribution < -0.4 is 5.73 Å². The molecule has 6 heteroatoms. The highest BCUT2D eigenvalue weighted by atomic mass is 19.4. The van der Waals surface area contributed by atoms with Gasteiger partial charge in [0.15, 0.2) is 0 Å². The monoisotopic (exact) mass is 235 g/mol. The number of nitriles is 1. The number of hydrogen-bond donors (Lipinski definition) is 1. The second-order valence-corrected chi connectivity index (χ2v) is 4.34. The van der Waals surface area contributed by atoms with Gasteiger partial charge < -0.3 is 5.73 Å². The van der Waals surface area contributed by atoms with Crippen LogP contribution in [0.5, 0.6) is 0 Å². The van der Waals surface area contributed by atoms with E-state index in [1.54, 1.807) is 6.92 Å². The van der Waals surface area contributed by atoms with Crippen molar-refractivity contribution in [1.82, 2.24) is 4.90 Å². The van der Waals surface area contributed by atoms with Crippen molar-refractivity contribution in [3.05, 3.63) is 0 Å². The lowest BCUT2D eigenvalue weighted by molar-refractivity contribution is -0.146. The van der Waals surface area contributed by atoms with Crippen molar-refractivity contribution >= 4 is 0 Å². The Balaban J connectivity index is 2.58. The highest BCUT2D eigenvalue weighted by Gasteiger charge is 2.44. The first-order valence-corrected chi connectivity index (χ1v) is 5.30. The summed E-state index contributed by atoms with van der Waals surface area (Å²) in [7, 11) is 0. The van der Waals surface area contributed by atoms with Gasteiger partial charge in [0.05, 0.1) is 12.6 Å². The normalized spacial score (nSPS) is 20.6. The summed E-state index contributed by atoms with van der Waals surface area (Å²) in [4.78, 5) is 1.18. The minimum absolute atomic E-state index is 0.00975. The van der Waals surface area contributed by atoms with Crippen LogP contribution in [0.15, 0.2) is 0 Å². The number of rotatable bonds is 5. The third-order valence-electron chi connectivity index (χ3n) is 2.85. The molecule has 0 amide bonds. The Bertz CT molecular complexity index is 280. The van der Waals surface area contributed by atoms with E-state index in [1.807, 2.05) is 6.07 Å². The molecular weight excluding hydrogens is 219 g/mol. The van der Waals surface area contributed by atoms with Gasteiger partial charge in [-0.05, 0) is 25.3 Å². The van der Waals surface area contributed by atoms with Crippen LogP contribution in [0.25, 0.3) is 0 Å². The topological polar surface area (TPSA) is 53.0 Å². The van der Waals surface area contributed by atoms with Gasteiger partial charge >= 0.3 is 6.18 Å². The van der Waals surface area contributed by atoms with E-state index >= 15 is 0 Å². The van der Waals surface area contributed by atoms with E-state index in [0.29, 0.717) is 0 Å². The fourth-order valence-electron chi connectivity index (χ4n) is 1.76. The van der Waals surface area contributed by atoms with Gasteiger partial charge in [0.25, 0.3) is 0 Å². The largest absolute Gasteiger partial charge is 0.401 e. The minimum Gasteiger partial charge on any atom is -0.312 e. The van der Waals surface area contributed by atoms with Gasteiger partial charge in [-0.15, -0.1) is 0 Å². The minimum atomic E-state index is -4.24. The lowest BCUT2D eigenvalue weighted by Gasteiger charge is -2.30. The first kappa shape index (κ1) is 13.3. The molecule has 0 saturated heterocycles. The van der Waals surface area contributed by atoms with E-state index in [4.69, 9.17) is 11.0 Å². The Labute approximate surface area is 93.0 Å². The van der Waals surface area contributed by atoms with Crippen molar-refractivity contribution in [3.63, 3.8) is 0 Å². The molecule has 16 heavy (non-hydrogen) atoms. The van der Waals surface area contributed by atoms with Crippen molar-refractivity contribution in [3.8, 4) is 6.07 Å². The zero-order chi connectivity index (χ0) is 12.4. The maximum atomic E-state index is 12.2. The zero-order valence-corrected chi connectivity index (χ0v) is 9.22. The van der Waals surface area contributed by atoms with Crippen molar-refractivity contribution in [2.45, 2.75) is 31.5 Å². The lowest BCUT2D eigenvalue weighted by atomic mass is 9.96. The molecule has 1 fully saturated rings. The highest BCUT2D eigenvalue weighted by Crippen LogP contribution is 2.38. The van der Waals surface area contributed by atoms with Gasteiger partial charge in [0.2, 0.25) is 0 Å². The van der Waals surface area contributed by atoms with Crippen molar-refractivity contribution in [1.29, 1.82) is 5.26 Å². The van der Waals surface area contributed by atoms with Crippen molar-refractivity contribution in [2.24, 2.45) is 11.7 Å². The fourth-order valence-corrected chi connectivity index (χ4v) is 1.76. The summed E-state index contributed by atoms with van der Waals surface area (Å²) in [6, 6.07) is 1.96. The SMILES string of the molecule is CCN(CC(F)(F)F)CC(N)(C#N)C1CC1. The Morgan fingerprint density at radius 2 is 1.94 bits per heavy atom. The van der Waals surface area contributed by atoms with Crippen LogP contribution in [0.2, 0.25) is 0 Å². The van der Waals surface area contributed by atoms with Gasteiger partial charge in [-0.3, -0.25) is 4.90 Å². The van der Waals surface area contributed by atoms with E-state index in [0.717, 1.165) is 12.8 Å². The molecule has 0 bridgehead atoms. The Morgan fingerprint density at radius 3 is 2.25 bits per heavy atom. The number of halogens is 3. The molecule has 2 N–H and O–H groups in total. The predicted molar refractivity (Wildman–Crippen MR) is 53.4 cm³/mol. The van der Waals surface area contributed by atoms with E-state index < -0.39 is 18.3 Å². The quantitative estimate of drug-likeness (QED) is 0.785. The maximum Gasteiger partial charge on any atom is 0.401 e. The van der Waals surface area contributed by atoms with Gasteiger partial charge in [-0.25, -0.2) is 0 Å². The summed E-state index contributed by atoms with van der Waals surface area (Å²) >= 11 is 0. The average molecular weight is 235 g/mol. The van der Waals surface area contributed by atoms with E-state index in [9.17, 15) is 13.2 Å². The molecular formula is C10H16F3N3. The highest BCUT2D eigenvalue weighted by molar-refractivity contribution is 5.14.